The number of anilines is 1. The molecular formula is C20H16N2O3S. The summed E-state index contributed by atoms with van der Waals surface area (Å²) in [5.74, 6) is 1.26. The molecule has 26 heavy (non-hydrogen) atoms. The summed E-state index contributed by atoms with van der Waals surface area (Å²) in [6, 6.07) is 16.4. The van der Waals surface area contributed by atoms with Gasteiger partial charge >= 0.3 is 0 Å². The predicted molar refractivity (Wildman–Crippen MR) is 100 cm³/mol. The Bertz CT molecular complexity index is 949. The Morgan fingerprint density at radius 3 is 2.46 bits per heavy atom. The molecule has 0 spiro atoms. The van der Waals surface area contributed by atoms with Crippen LogP contribution in [-0.2, 0) is 6.42 Å². The van der Waals surface area contributed by atoms with E-state index in [1.165, 1.54) is 11.3 Å². The first-order valence-corrected chi connectivity index (χ1v) is 9.18. The number of benzene rings is 2. The van der Waals surface area contributed by atoms with Crippen molar-refractivity contribution in [1.29, 1.82) is 0 Å². The van der Waals surface area contributed by atoms with Gasteiger partial charge in [-0.15, -0.1) is 0 Å². The number of fused-ring (bicyclic) bond motifs is 1. The number of carbonyl (C=O) groups is 2. The van der Waals surface area contributed by atoms with Gasteiger partial charge in [-0.1, -0.05) is 29.5 Å². The fourth-order valence-electron chi connectivity index (χ4n) is 2.79. The lowest BCUT2D eigenvalue weighted by atomic mass is 10.0. The molecule has 0 bridgehead atoms. The summed E-state index contributed by atoms with van der Waals surface area (Å²) < 4.78 is 5.72. The highest BCUT2D eigenvalue weighted by Gasteiger charge is 2.22. The molecule has 0 atom stereocenters. The summed E-state index contributed by atoms with van der Waals surface area (Å²) in [6.45, 7) is 0. The minimum Gasteiger partial charge on any atom is -0.457 e. The van der Waals surface area contributed by atoms with Crippen LogP contribution in [0.4, 0.5) is 5.13 Å². The van der Waals surface area contributed by atoms with Gasteiger partial charge in [-0.25, -0.2) is 4.98 Å². The predicted octanol–water partition coefficient (Wildman–Crippen LogP) is 4.71. The molecule has 0 radical (unpaired) electrons. The fourth-order valence-corrected chi connectivity index (χ4v) is 3.77. The number of ketones is 1. The van der Waals surface area contributed by atoms with Gasteiger partial charge in [0.25, 0.3) is 5.91 Å². The Balaban J connectivity index is 1.44. The van der Waals surface area contributed by atoms with Crippen LogP contribution in [0.5, 0.6) is 11.5 Å². The van der Waals surface area contributed by atoms with E-state index >= 15 is 0 Å². The van der Waals surface area contributed by atoms with Crippen LogP contribution in [0.1, 0.15) is 38.6 Å². The standard InChI is InChI=1S/C20H16N2O3S/c23-17-8-4-7-16-18(17)26-20(21-16)22-19(24)13-9-11-15(12-10-13)25-14-5-2-1-3-6-14/h1-3,5-6,9-12H,4,7-8H2,(H,21,22,24). The van der Waals surface area contributed by atoms with Crippen LogP contribution in [-0.4, -0.2) is 16.7 Å². The number of Topliss-reactive ketones (excluding diaryl/α,β-unsaturated/α-hetero) is 1. The zero-order valence-electron chi connectivity index (χ0n) is 13.9. The third-order valence-corrected chi connectivity index (χ3v) is 5.14. The third-order valence-electron chi connectivity index (χ3n) is 4.08. The normalized spacial score (nSPS) is 13.2. The van der Waals surface area contributed by atoms with Crippen LogP contribution < -0.4 is 10.1 Å². The molecule has 5 nitrogen and oxygen atoms in total. The molecule has 0 aliphatic heterocycles. The molecule has 1 amide bonds. The quantitative estimate of drug-likeness (QED) is 0.728. The molecule has 1 aromatic heterocycles. The van der Waals surface area contributed by atoms with E-state index in [9.17, 15) is 9.59 Å². The number of carbonyl (C=O) groups excluding carboxylic acids is 2. The second-order valence-electron chi connectivity index (χ2n) is 5.97. The van der Waals surface area contributed by atoms with Gasteiger partial charge in [-0.3, -0.25) is 14.9 Å². The molecule has 2 aromatic carbocycles. The Morgan fingerprint density at radius 1 is 1.00 bits per heavy atom. The summed E-state index contributed by atoms with van der Waals surface area (Å²) in [5, 5.41) is 3.25. The van der Waals surface area contributed by atoms with Gasteiger partial charge in [-0.2, -0.15) is 0 Å². The molecule has 1 N–H and O–H groups in total. The van der Waals surface area contributed by atoms with E-state index in [2.05, 4.69) is 10.3 Å². The zero-order valence-corrected chi connectivity index (χ0v) is 14.7. The molecule has 1 aliphatic rings. The SMILES string of the molecule is O=C(Nc1nc2c(s1)C(=O)CCC2)c1ccc(Oc2ccccc2)cc1. The minimum atomic E-state index is -0.255. The number of ether oxygens (including phenoxy) is 1. The van der Waals surface area contributed by atoms with Gasteiger partial charge in [0.1, 0.15) is 11.5 Å². The largest absolute Gasteiger partial charge is 0.457 e. The highest BCUT2D eigenvalue weighted by molar-refractivity contribution is 7.17. The maximum Gasteiger partial charge on any atom is 0.257 e. The summed E-state index contributed by atoms with van der Waals surface area (Å²) >= 11 is 1.25. The first-order chi connectivity index (χ1) is 12.7. The van der Waals surface area contributed by atoms with E-state index in [0.29, 0.717) is 27.7 Å². The molecule has 0 saturated heterocycles. The zero-order chi connectivity index (χ0) is 17.9. The van der Waals surface area contributed by atoms with Crippen LogP contribution in [0.25, 0.3) is 0 Å². The molecule has 130 valence electrons. The first-order valence-electron chi connectivity index (χ1n) is 8.36. The second-order valence-corrected chi connectivity index (χ2v) is 6.96. The molecule has 6 heteroatoms. The van der Waals surface area contributed by atoms with Crippen molar-refractivity contribution in [3.05, 3.63) is 70.7 Å². The number of nitrogens with zero attached hydrogens (tertiary/aromatic N) is 1. The van der Waals surface area contributed by atoms with Crippen molar-refractivity contribution in [2.75, 3.05) is 5.32 Å². The summed E-state index contributed by atoms with van der Waals surface area (Å²) in [7, 11) is 0. The van der Waals surface area contributed by atoms with Crippen molar-refractivity contribution in [3.8, 4) is 11.5 Å². The first kappa shape index (κ1) is 16.5. The van der Waals surface area contributed by atoms with E-state index in [-0.39, 0.29) is 11.7 Å². The molecule has 0 fully saturated rings. The Kier molecular flexibility index (Phi) is 4.50. The van der Waals surface area contributed by atoms with Crippen LogP contribution in [0.15, 0.2) is 54.6 Å². The summed E-state index contributed by atoms with van der Waals surface area (Å²) in [5.41, 5.74) is 1.30. The van der Waals surface area contributed by atoms with E-state index in [1.54, 1.807) is 24.3 Å². The van der Waals surface area contributed by atoms with Crippen molar-refractivity contribution >= 4 is 28.2 Å². The summed E-state index contributed by atoms with van der Waals surface area (Å²) in [4.78, 5) is 29.4. The average Bonchev–Trinajstić information content (AvgIpc) is 3.07. The average molecular weight is 364 g/mol. The second kappa shape index (κ2) is 7.09. The molecular weight excluding hydrogens is 348 g/mol. The maximum atomic E-state index is 12.4. The van der Waals surface area contributed by atoms with E-state index in [0.717, 1.165) is 24.3 Å². The number of rotatable bonds is 4. The molecule has 4 rings (SSSR count). The third kappa shape index (κ3) is 3.50. The molecule has 1 heterocycles. The molecule has 3 aromatic rings. The molecule has 0 unspecified atom stereocenters. The number of aromatic nitrogens is 1. The van der Waals surface area contributed by atoms with E-state index in [4.69, 9.17) is 4.74 Å². The van der Waals surface area contributed by atoms with Gasteiger partial charge in [0.05, 0.1) is 10.6 Å². The number of amides is 1. The lowest BCUT2D eigenvalue weighted by molar-refractivity contribution is 0.0975. The van der Waals surface area contributed by atoms with Gasteiger partial charge in [0, 0.05) is 12.0 Å². The minimum absolute atomic E-state index is 0.117. The van der Waals surface area contributed by atoms with Gasteiger partial charge in [0.15, 0.2) is 10.9 Å². The van der Waals surface area contributed by atoms with Crippen LogP contribution in [0, 0.1) is 0 Å². The molecule has 0 saturated carbocycles. The van der Waals surface area contributed by atoms with Crippen molar-refractivity contribution < 1.29 is 14.3 Å². The summed E-state index contributed by atoms with van der Waals surface area (Å²) in [6.07, 6.45) is 2.18. The van der Waals surface area contributed by atoms with Crippen LogP contribution in [0.2, 0.25) is 0 Å². The monoisotopic (exact) mass is 364 g/mol. The smallest absolute Gasteiger partial charge is 0.257 e. The molecule has 1 aliphatic carbocycles. The Labute approximate surface area is 154 Å². The number of hydrogen-bond acceptors (Lipinski definition) is 5. The van der Waals surface area contributed by atoms with Crippen LogP contribution >= 0.6 is 11.3 Å². The van der Waals surface area contributed by atoms with Crippen LogP contribution in [0.3, 0.4) is 0 Å². The topological polar surface area (TPSA) is 68.3 Å². The van der Waals surface area contributed by atoms with Gasteiger partial charge in [-0.05, 0) is 49.2 Å². The van der Waals surface area contributed by atoms with Crippen molar-refractivity contribution in [2.45, 2.75) is 19.3 Å². The van der Waals surface area contributed by atoms with E-state index in [1.807, 2.05) is 30.3 Å². The number of aryl methyl sites for hydroxylation is 1. The number of para-hydroxylation sites is 1. The maximum absolute atomic E-state index is 12.4. The Hall–Kier alpha value is -2.99. The van der Waals surface area contributed by atoms with E-state index < -0.39 is 0 Å². The lowest BCUT2D eigenvalue weighted by Gasteiger charge is -2.06. The van der Waals surface area contributed by atoms with Crippen molar-refractivity contribution in [1.82, 2.24) is 4.98 Å². The number of hydrogen-bond donors (Lipinski definition) is 1. The number of nitrogens with one attached hydrogen (secondary N) is 1. The lowest BCUT2D eigenvalue weighted by Crippen LogP contribution is -2.11. The highest BCUT2D eigenvalue weighted by atomic mass is 32.1. The van der Waals surface area contributed by atoms with Crippen molar-refractivity contribution in [3.63, 3.8) is 0 Å². The number of thiazole rings is 1. The fraction of sp³-hybridized carbons (Fsp3) is 0.150. The van der Waals surface area contributed by atoms with Gasteiger partial charge in [0.2, 0.25) is 0 Å². The highest BCUT2D eigenvalue weighted by Crippen LogP contribution is 2.30. The van der Waals surface area contributed by atoms with Gasteiger partial charge < -0.3 is 4.74 Å². The van der Waals surface area contributed by atoms with Crippen molar-refractivity contribution in [2.24, 2.45) is 0 Å². The Morgan fingerprint density at radius 2 is 1.73 bits per heavy atom.